The van der Waals surface area contributed by atoms with Crippen LogP contribution in [0.2, 0.25) is 0 Å². The third-order valence-corrected chi connectivity index (χ3v) is 2.84. The second-order valence-electron chi connectivity index (χ2n) is 4.64. The van der Waals surface area contributed by atoms with E-state index < -0.39 is 11.4 Å². The molecule has 0 spiro atoms. The molecule has 0 aromatic rings. The van der Waals surface area contributed by atoms with Crippen molar-refractivity contribution in [2.75, 3.05) is 26.2 Å². The molecule has 0 rings (SSSR count). The van der Waals surface area contributed by atoms with Gasteiger partial charge < -0.3 is 4.74 Å². The molecule has 100 valence electrons. The van der Waals surface area contributed by atoms with Crippen molar-refractivity contribution in [1.29, 1.82) is 0 Å². The summed E-state index contributed by atoms with van der Waals surface area (Å²) in [5.41, 5.74) is -1.04. The average Bonchev–Trinajstić information content (AvgIpc) is 2.28. The van der Waals surface area contributed by atoms with E-state index in [1.165, 1.54) is 0 Å². The predicted molar refractivity (Wildman–Crippen MR) is 67.8 cm³/mol. The minimum Gasteiger partial charge on any atom is -0.465 e. The van der Waals surface area contributed by atoms with E-state index in [1.807, 2.05) is 11.8 Å². The van der Waals surface area contributed by atoms with E-state index in [-0.39, 0.29) is 5.78 Å². The Morgan fingerprint density at radius 3 is 2.18 bits per heavy atom. The van der Waals surface area contributed by atoms with Crippen LogP contribution in [0.5, 0.6) is 0 Å². The highest BCUT2D eigenvalue weighted by Gasteiger charge is 2.37. The van der Waals surface area contributed by atoms with Crippen LogP contribution in [-0.4, -0.2) is 42.9 Å². The topological polar surface area (TPSA) is 46.6 Å². The number of esters is 1. The zero-order chi connectivity index (χ0) is 13.5. The van der Waals surface area contributed by atoms with Crippen molar-refractivity contribution in [3.8, 4) is 0 Å². The zero-order valence-electron chi connectivity index (χ0n) is 11.7. The van der Waals surface area contributed by atoms with Crippen molar-refractivity contribution in [2.45, 2.75) is 41.0 Å². The maximum atomic E-state index is 12.1. The molecule has 0 saturated carbocycles. The molecule has 0 N–H and O–H groups in total. The molecule has 0 amide bonds. The van der Waals surface area contributed by atoms with E-state index in [0.29, 0.717) is 13.2 Å². The Bertz CT molecular complexity index is 261. The summed E-state index contributed by atoms with van der Waals surface area (Å²) in [6, 6.07) is 0. The van der Waals surface area contributed by atoms with Crippen LogP contribution in [0.25, 0.3) is 0 Å². The van der Waals surface area contributed by atoms with Crippen LogP contribution in [-0.2, 0) is 14.3 Å². The first-order chi connectivity index (χ1) is 7.89. The van der Waals surface area contributed by atoms with Gasteiger partial charge in [-0.1, -0.05) is 13.8 Å². The van der Waals surface area contributed by atoms with E-state index in [4.69, 9.17) is 4.74 Å². The summed E-state index contributed by atoms with van der Waals surface area (Å²) in [5, 5.41) is 0. The van der Waals surface area contributed by atoms with E-state index >= 15 is 0 Å². The number of nitrogens with zero attached hydrogens (tertiary/aromatic N) is 1. The van der Waals surface area contributed by atoms with E-state index in [9.17, 15) is 9.59 Å². The molecule has 17 heavy (non-hydrogen) atoms. The minimum atomic E-state index is -1.04. The highest BCUT2D eigenvalue weighted by atomic mass is 16.5. The van der Waals surface area contributed by atoms with Crippen LogP contribution < -0.4 is 0 Å². The van der Waals surface area contributed by atoms with E-state index in [1.54, 1.807) is 20.8 Å². The number of ketones is 1. The third-order valence-electron chi connectivity index (χ3n) is 2.84. The van der Waals surface area contributed by atoms with Gasteiger partial charge >= 0.3 is 5.97 Å². The molecular weight excluding hydrogens is 218 g/mol. The van der Waals surface area contributed by atoms with Crippen LogP contribution in [0.1, 0.15) is 41.0 Å². The Hall–Kier alpha value is -0.900. The van der Waals surface area contributed by atoms with E-state index in [2.05, 4.69) is 6.92 Å². The van der Waals surface area contributed by atoms with Gasteiger partial charge in [-0.15, -0.1) is 0 Å². The molecule has 0 aromatic carbocycles. The monoisotopic (exact) mass is 243 g/mol. The van der Waals surface area contributed by atoms with Gasteiger partial charge in [0.1, 0.15) is 5.41 Å². The summed E-state index contributed by atoms with van der Waals surface area (Å²) in [4.78, 5) is 25.8. The van der Waals surface area contributed by atoms with Crippen LogP contribution >= 0.6 is 0 Å². The summed E-state index contributed by atoms with van der Waals surface area (Å²) in [6.07, 6.45) is 1.00. The molecule has 0 fully saturated rings. The largest absolute Gasteiger partial charge is 0.465 e. The molecule has 0 saturated heterocycles. The number of ether oxygens (including phenoxy) is 1. The summed E-state index contributed by atoms with van der Waals surface area (Å²) in [7, 11) is 0. The molecule has 0 unspecified atom stereocenters. The Kier molecular flexibility index (Phi) is 7.04. The quantitative estimate of drug-likeness (QED) is 0.482. The molecule has 0 radical (unpaired) electrons. The van der Waals surface area contributed by atoms with Crippen molar-refractivity contribution in [1.82, 2.24) is 4.90 Å². The Labute approximate surface area is 104 Å². The first-order valence-corrected chi connectivity index (χ1v) is 6.32. The van der Waals surface area contributed by atoms with Crippen molar-refractivity contribution in [3.63, 3.8) is 0 Å². The fraction of sp³-hybridized carbons (Fsp3) is 0.846. The fourth-order valence-electron chi connectivity index (χ4n) is 1.49. The van der Waals surface area contributed by atoms with Gasteiger partial charge in [0.2, 0.25) is 0 Å². The average molecular weight is 243 g/mol. The molecule has 0 heterocycles. The van der Waals surface area contributed by atoms with Crippen molar-refractivity contribution in [2.24, 2.45) is 5.41 Å². The second kappa shape index (κ2) is 7.43. The van der Waals surface area contributed by atoms with Crippen molar-refractivity contribution in [3.05, 3.63) is 0 Å². The van der Waals surface area contributed by atoms with Gasteiger partial charge in [0, 0.05) is 0 Å². The maximum absolute atomic E-state index is 12.1. The molecule has 0 aliphatic heterocycles. The summed E-state index contributed by atoms with van der Waals surface area (Å²) < 4.78 is 4.92. The number of hydrogen-bond donors (Lipinski definition) is 0. The van der Waals surface area contributed by atoms with Crippen LogP contribution in [0, 0.1) is 5.41 Å². The highest BCUT2D eigenvalue weighted by Crippen LogP contribution is 2.19. The lowest BCUT2D eigenvalue weighted by Crippen LogP contribution is -2.42. The lowest BCUT2D eigenvalue weighted by atomic mass is 9.88. The van der Waals surface area contributed by atoms with E-state index in [0.717, 1.165) is 19.5 Å². The van der Waals surface area contributed by atoms with Crippen LogP contribution in [0.15, 0.2) is 0 Å². The molecule has 0 aliphatic carbocycles. The number of Topliss-reactive ketones (excluding diaryl/α,β-unsaturated/α-hetero) is 1. The predicted octanol–water partition coefficient (Wildman–Crippen LogP) is 1.88. The Morgan fingerprint density at radius 2 is 1.76 bits per heavy atom. The smallest absolute Gasteiger partial charge is 0.319 e. The number of rotatable bonds is 8. The van der Waals surface area contributed by atoms with Gasteiger partial charge in [-0.2, -0.15) is 0 Å². The normalized spacial score (nSPS) is 11.6. The first-order valence-electron chi connectivity index (χ1n) is 6.32. The third kappa shape index (κ3) is 4.86. The zero-order valence-corrected chi connectivity index (χ0v) is 11.7. The molecular formula is C13H25NO3. The number of hydrogen-bond acceptors (Lipinski definition) is 4. The van der Waals surface area contributed by atoms with Crippen molar-refractivity contribution >= 4 is 11.8 Å². The fourth-order valence-corrected chi connectivity index (χ4v) is 1.49. The minimum absolute atomic E-state index is 0.0775. The summed E-state index contributed by atoms with van der Waals surface area (Å²) in [5.74, 6) is -0.510. The van der Waals surface area contributed by atoms with Gasteiger partial charge in [-0.25, -0.2) is 0 Å². The van der Waals surface area contributed by atoms with Crippen LogP contribution in [0.3, 0.4) is 0 Å². The molecule has 4 heteroatoms. The van der Waals surface area contributed by atoms with Gasteiger partial charge in [-0.3, -0.25) is 14.5 Å². The van der Waals surface area contributed by atoms with Gasteiger partial charge in [0.25, 0.3) is 0 Å². The molecule has 0 aromatic heterocycles. The summed E-state index contributed by atoms with van der Waals surface area (Å²) in [6.45, 7) is 11.4. The van der Waals surface area contributed by atoms with Crippen molar-refractivity contribution < 1.29 is 14.3 Å². The Balaban J connectivity index is 4.51. The molecule has 0 bridgehead atoms. The van der Waals surface area contributed by atoms with Gasteiger partial charge in [-0.05, 0) is 40.3 Å². The standard InChI is InChI=1S/C13H25NO3/c1-6-9-14(7-2)10-11(15)13(4,5)12(16)17-8-3/h6-10H2,1-5H3. The highest BCUT2D eigenvalue weighted by molar-refractivity contribution is 6.03. The molecule has 4 nitrogen and oxygen atoms in total. The van der Waals surface area contributed by atoms with Gasteiger partial charge in [0.05, 0.1) is 13.2 Å². The molecule has 0 atom stereocenters. The molecule has 0 aliphatic rings. The van der Waals surface area contributed by atoms with Crippen LogP contribution in [0.4, 0.5) is 0 Å². The number of carbonyl (C=O) groups excluding carboxylic acids is 2. The number of likely N-dealkylation sites (N-methyl/N-ethyl adjacent to an activating group) is 1. The Morgan fingerprint density at radius 1 is 1.18 bits per heavy atom. The second-order valence-corrected chi connectivity index (χ2v) is 4.64. The van der Waals surface area contributed by atoms with Gasteiger partial charge in [0.15, 0.2) is 5.78 Å². The first kappa shape index (κ1) is 16.1. The lowest BCUT2D eigenvalue weighted by molar-refractivity contribution is -0.158. The lowest BCUT2D eigenvalue weighted by Gasteiger charge is -2.25. The summed E-state index contributed by atoms with van der Waals surface area (Å²) >= 11 is 0. The SMILES string of the molecule is CCCN(CC)CC(=O)C(C)(C)C(=O)OCC. The maximum Gasteiger partial charge on any atom is 0.319 e. The number of carbonyl (C=O) groups is 2.